The van der Waals surface area contributed by atoms with Crippen molar-refractivity contribution in [2.24, 2.45) is 0 Å². The van der Waals surface area contributed by atoms with Crippen molar-refractivity contribution in [3.8, 4) is 22.8 Å². The van der Waals surface area contributed by atoms with Crippen LogP contribution < -0.4 is 0 Å². The molecule has 0 amide bonds. The second-order valence-electron chi connectivity index (χ2n) is 14.9. The smallest absolute Gasteiger partial charge is 0.165 e. The van der Waals surface area contributed by atoms with E-state index in [2.05, 4.69) is 179 Å². The van der Waals surface area contributed by atoms with Crippen LogP contribution in [0.1, 0.15) is 0 Å². The van der Waals surface area contributed by atoms with E-state index in [1.54, 1.807) is 0 Å². The topological polar surface area (TPSA) is 48.8 Å². The molecule has 264 valence electrons. The highest BCUT2D eigenvalue weighted by molar-refractivity contribution is 6.29. The zero-order valence-electron chi connectivity index (χ0n) is 30.5. The van der Waals surface area contributed by atoms with Gasteiger partial charge in [-0.05, 0) is 47.2 Å². The Balaban J connectivity index is 1.19. The van der Waals surface area contributed by atoms with Crippen molar-refractivity contribution < 1.29 is 4.42 Å². The lowest BCUT2D eigenvalue weighted by Gasteiger charge is -2.16. The third-order valence-electron chi connectivity index (χ3n) is 11.9. The van der Waals surface area contributed by atoms with Gasteiger partial charge in [-0.15, -0.1) is 0 Å². The fourth-order valence-electron chi connectivity index (χ4n) is 9.51. The molecule has 0 fully saturated rings. The minimum Gasteiger partial charge on any atom is -0.454 e. The Morgan fingerprint density at radius 2 is 0.860 bits per heavy atom. The maximum Gasteiger partial charge on any atom is 0.165 e. The number of fused-ring (bicyclic) bond motifs is 16. The largest absolute Gasteiger partial charge is 0.454 e. The molecule has 4 heterocycles. The molecule has 0 saturated carbocycles. The normalized spacial score (nSPS) is 12.2. The van der Waals surface area contributed by atoms with Gasteiger partial charge in [0.2, 0.25) is 0 Å². The van der Waals surface area contributed by atoms with Crippen molar-refractivity contribution in [2.45, 2.75) is 0 Å². The summed E-state index contributed by atoms with van der Waals surface area (Å²) in [4.78, 5) is 11.3. The van der Waals surface area contributed by atoms with Crippen LogP contribution in [-0.4, -0.2) is 19.1 Å². The van der Waals surface area contributed by atoms with Crippen molar-refractivity contribution >= 4 is 98.1 Å². The maximum atomic E-state index is 6.63. The summed E-state index contributed by atoms with van der Waals surface area (Å²) < 4.78 is 11.4. The quantitative estimate of drug-likeness (QED) is 0.170. The van der Waals surface area contributed by atoms with E-state index in [0.29, 0.717) is 0 Å². The number of aromatic nitrogens is 4. The molecule has 13 rings (SSSR count). The Kier molecular flexibility index (Phi) is 6.10. The second kappa shape index (κ2) is 11.4. The second-order valence-corrected chi connectivity index (χ2v) is 14.9. The number of hydrogen-bond donors (Lipinski definition) is 0. The summed E-state index contributed by atoms with van der Waals surface area (Å²) in [6.45, 7) is 0. The summed E-state index contributed by atoms with van der Waals surface area (Å²) in [7, 11) is 0. The van der Waals surface area contributed by atoms with E-state index in [4.69, 9.17) is 14.4 Å². The van der Waals surface area contributed by atoms with E-state index < -0.39 is 0 Å². The molecule has 0 N–H and O–H groups in total. The molecule has 0 spiro atoms. The Bertz CT molecular complexity index is 3810. The molecule has 0 atom stereocenters. The zero-order chi connectivity index (χ0) is 37.2. The van der Waals surface area contributed by atoms with Gasteiger partial charge in [-0.2, -0.15) is 0 Å². The molecule has 0 aliphatic rings. The Hall–Kier alpha value is -7.76. The van der Waals surface area contributed by atoms with Crippen molar-refractivity contribution in [2.75, 3.05) is 0 Å². The number of rotatable bonds is 3. The molecule has 57 heavy (non-hydrogen) atoms. The molecular weight excluding hydrogens is 697 g/mol. The predicted molar refractivity (Wildman–Crippen MR) is 236 cm³/mol. The Morgan fingerprint density at radius 3 is 1.54 bits per heavy atom. The van der Waals surface area contributed by atoms with E-state index in [1.165, 1.54) is 26.9 Å². The molecule has 9 aromatic carbocycles. The summed E-state index contributed by atoms with van der Waals surface area (Å²) in [6.07, 6.45) is 0. The van der Waals surface area contributed by atoms with Gasteiger partial charge in [0.1, 0.15) is 11.3 Å². The fraction of sp³-hybridized carbons (Fsp3) is 0. The van der Waals surface area contributed by atoms with Gasteiger partial charge in [-0.3, -0.25) is 4.57 Å². The van der Waals surface area contributed by atoms with Gasteiger partial charge in [-0.25, -0.2) is 9.97 Å². The van der Waals surface area contributed by atoms with Crippen molar-refractivity contribution in [1.29, 1.82) is 0 Å². The summed E-state index contributed by atoms with van der Waals surface area (Å²) in [5.74, 6) is 0.801. The average Bonchev–Trinajstić information content (AvgIpc) is 3.94. The SMILES string of the molecule is c1ccc(-c2nc3c4ccccc4c4ccccc4c3nc2-n2c3ccccc3c3c4c5ccccc5n(-c5cccc6c5oc5ccccc56)c4ccc32)cc1. The van der Waals surface area contributed by atoms with Gasteiger partial charge < -0.3 is 8.98 Å². The zero-order valence-corrected chi connectivity index (χ0v) is 30.5. The summed E-state index contributed by atoms with van der Waals surface area (Å²) in [5, 5.41) is 11.5. The molecule has 0 aliphatic heterocycles. The third kappa shape index (κ3) is 4.12. The van der Waals surface area contributed by atoms with E-state index >= 15 is 0 Å². The molecule has 0 saturated heterocycles. The summed E-state index contributed by atoms with van der Waals surface area (Å²) in [6, 6.07) is 64.4. The molecule has 13 aromatic rings. The lowest BCUT2D eigenvalue weighted by atomic mass is 9.99. The first-order chi connectivity index (χ1) is 28.3. The Labute approximate surface area is 325 Å². The van der Waals surface area contributed by atoms with Crippen LogP contribution in [0.15, 0.2) is 186 Å². The molecule has 0 aliphatic carbocycles. The van der Waals surface area contributed by atoms with Gasteiger partial charge in [0.25, 0.3) is 0 Å². The van der Waals surface area contributed by atoms with Gasteiger partial charge in [0.15, 0.2) is 11.4 Å². The average molecular weight is 727 g/mol. The minimum atomic E-state index is 0.801. The van der Waals surface area contributed by atoms with Crippen LogP contribution in [0.25, 0.3) is 121 Å². The predicted octanol–water partition coefficient (Wildman–Crippen LogP) is 13.7. The van der Waals surface area contributed by atoms with Gasteiger partial charge in [0.05, 0.1) is 38.8 Å². The molecular formula is C52H30N4O. The van der Waals surface area contributed by atoms with Crippen LogP contribution in [0.5, 0.6) is 0 Å². The highest BCUT2D eigenvalue weighted by Gasteiger charge is 2.25. The first kappa shape index (κ1) is 30.6. The number of hydrogen-bond acceptors (Lipinski definition) is 3. The van der Waals surface area contributed by atoms with Gasteiger partial charge in [-0.1, -0.05) is 146 Å². The van der Waals surface area contributed by atoms with E-state index in [1.807, 2.05) is 12.1 Å². The number of benzene rings is 9. The lowest BCUT2D eigenvalue weighted by Crippen LogP contribution is -2.04. The number of nitrogens with zero attached hydrogens (tertiary/aromatic N) is 4. The molecule has 0 unspecified atom stereocenters. The van der Waals surface area contributed by atoms with Gasteiger partial charge in [0, 0.05) is 48.7 Å². The van der Waals surface area contributed by atoms with Crippen molar-refractivity contribution in [1.82, 2.24) is 19.1 Å². The van der Waals surface area contributed by atoms with Crippen LogP contribution in [0.3, 0.4) is 0 Å². The van der Waals surface area contributed by atoms with E-state index in [0.717, 1.165) is 94.0 Å². The van der Waals surface area contributed by atoms with Crippen molar-refractivity contribution in [3.63, 3.8) is 0 Å². The highest BCUT2D eigenvalue weighted by Crippen LogP contribution is 2.45. The fourth-order valence-corrected chi connectivity index (χ4v) is 9.51. The summed E-state index contributed by atoms with van der Waals surface area (Å²) >= 11 is 0. The monoisotopic (exact) mass is 726 g/mol. The van der Waals surface area contributed by atoms with E-state index in [-0.39, 0.29) is 0 Å². The standard InChI is InChI=1S/C52H30N4O/c1-2-15-31(16-3-1)48-52(54-50-36-21-7-5-18-33(36)32-17-4-6-20-35(32)49(50)53-48)56-41-26-12-9-23-39(41)47-43(56)30-29-42-46(47)38-22-8-11-25-40(38)55(42)44-27-14-24-37-34-19-10-13-28-45(34)57-51(37)44/h1-30H. The summed E-state index contributed by atoms with van der Waals surface area (Å²) in [5.41, 5.74) is 10.8. The first-order valence-electron chi connectivity index (χ1n) is 19.3. The van der Waals surface area contributed by atoms with E-state index in [9.17, 15) is 0 Å². The molecule has 4 aromatic heterocycles. The lowest BCUT2D eigenvalue weighted by molar-refractivity contribution is 0.666. The molecule has 0 radical (unpaired) electrons. The molecule has 5 nitrogen and oxygen atoms in total. The Morgan fingerprint density at radius 1 is 0.351 bits per heavy atom. The van der Waals surface area contributed by atoms with Crippen LogP contribution in [0.4, 0.5) is 0 Å². The van der Waals surface area contributed by atoms with Crippen LogP contribution in [0, 0.1) is 0 Å². The minimum absolute atomic E-state index is 0.801. The van der Waals surface area contributed by atoms with Crippen LogP contribution >= 0.6 is 0 Å². The van der Waals surface area contributed by atoms with Crippen molar-refractivity contribution in [3.05, 3.63) is 182 Å². The first-order valence-corrected chi connectivity index (χ1v) is 19.3. The molecule has 5 heteroatoms. The van der Waals surface area contributed by atoms with Crippen LogP contribution in [-0.2, 0) is 0 Å². The number of para-hydroxylation sites is 4. The third-order valence-corrected chi connectivity index (χ3v) is 11.9. The van der Waals surface area contributed by atoms with Gasteiger partial charge >= 0.3 is 0 Å². The maximum absolute atomic E-state index is 6.63. The number of furan rings is 1. The molecule has 0 bridgehead atoms. The van der Waals surface area contributed by atoms with Crippen LogP contribution in [0.2, 0.25) is 0 Å². The highest BCUT2D eigenvalue weighted by atomic mass is 16.3.